The highest BCUT2D eigenvalue weighted by atomic mass is 19.4. The number of amides is 1. The molecule has 2 aliphatic rings. The van der Waals surface area contributed by atoms with Gasteiger partial charge in [-0.3, -0.25) is 4.90 Å². The van der Waals surface area contributed by atoms with E-state index in [1.807, 2.05) is 0 Å². The maximum Gasteiger partial charge on any atom is 0.408 e. The Bertz CT molecular complexity index is 383. The number of carbonyl (C=O) groups is 2. The lowest BCUT2D eigenvalue weighted by Crippen LogP contribution is -2.42. The van der Waals surface area contributed by atoms with Gasteiger partial charge in [0.2, 0.25) is 0 Å². The van der Waals surface area contributed by atoms with Crippen molar-refractivity contribution in [1.82, 2.24) is 4.90 Å². The highest BCUT2D eigenvalue weighted by Gasteiger charge is 2.70. The van der Waals surface area contributed by atoms with Crippen LogP contribution in [0.5, 0.6) is 0 Å². The maximum atomic E-state index is 12.3. The highest BCUT2D eigenvalue weighted by Crippen LogP contribution is 2.63. The van der Waals surface area contributed by atoms with E-state index < -0.39 is 42.2 Å². The highest BCUT2D eigenvalue weighted by molar-refractivity contribution is 5.81. The van der Waals surface area contributed by atoms with Gasteiger partial charge in [0.05, 0.1) is 6.42 Å². The molecule has 1 saturated carbocycles. The number of carboxylic acid groups (broad SMARTS) is 2. The van der Waals surface area contributed by atoms with Gasteiger partial charge in [0.25, 0.3) is 0 Å². The molecule has 0 aromatic carbocycles. The molecule has 96 valence electrons. The largest absolute Gasteiger partial charge is 0.480 e. The predicted molar refractivity (Wildman–Crippen MR) is 47.4 cm³/mol. The molecule has 5 nitrogen and oxygen atoms in total. The predicted octanol–water partition coefficient (Wildman–Crippen LogP) is 1.53. The van der Waals surface area contributed by atoms with Gasteiger partial charge in [-0.15, -0.1) is 0 Å². The van der Waals surface area contributed by atoms with Gasteiger partial charge in [-0.1, -0.05) is 0 Å². The first-order chi connectivity index (χ1) is 7.66. The third-order valence-electron chi connectivity index (χ3n) is 3.48. The minimum Gasteiger partial charge on any atom is -0.480 e. The van der Waals surface area contributed by atoms with Crippen LogP contribution in [0.25, 0.3) is 0 Å². The summed E-state index contributed by atoms with van der Waals surface area (Å²) in [5, 5.41) is 17.6. The minimum atomic E-state index is -4.40. The second-order valence-corrected chi connectivity index (χ2v) is 4.62. The summed E-state index contributed by atoms with van der Waals surface area (Å²) in [6.45, 7) is 0. The van der Waals surface area contributed by atoms with E-state index in [9.17, 15) is 22.8 Å². The Morgan fingerprint density at radius 1 is 1.29 bits per heavy atom. The van der Waals surface area contributed by atoms with Gasteiger partial charge < -0.3 is 10.2 Å². The third kappa shape index (κ3) is 1.91. The average molecular weight is 253 g/mol. The Morgan fingerprint density at radius 3 is 2.24 bits per heavy atom. The fraction of sp³-hybridized carbons (Fsp3) is 0.778. The molecule has 0 radical (unpaired) electrons. The Hall–Kier alpha value is -1.47. The van der Waals surface area contributed by atoms with Crippen LogP contribution >= 0.6 is 0 Å². The molecule has 1 heterocycles. The number of aliphatic carboxylic acids is 1. The number of likely N-dealkylation sites (tertiary alicyclic amines) is 1. The van der Waals surface area contributed by atoms with Crippen LogP contribution in [0.2, 0.25) is 0 Å². The van der Waals surface area contributed by atoms with Crippen LogP contribution in [0.3, 0.4) is 0 Å². The summed E-state index contributed by atoms with van der Waals surface area (Å²) in [5.41, 5.74) is -1.21. The van der Waals surface area contributed by atoms with Crippen molar-refractivity contribution in [2.24, 2.45) is 5.41 Å². The van der Waals surface area contributed by atoms with Crippen molar-refractivity contribution in [2.45, 2.75) is 37.5 Å². The third-order valence-corrected chi connectivity index (χ3v) is 3.48. The second kappa shape index (κ2) is 3.27. The van der Waals surface area contributed by atoms with Crippen molar-refractivity contribution in [1.29, 1.82) is 0 Å². The van der Waals surface area contributed by atoms with Gasteiger partial charge in [0.1, 0.15) is 6.04 Å². The van der Waals surface area contributed by atoms with Crippen LogP contribution in [0, 0.1) is 5.41 Å². The normalized spacial score (nSPS) is 35.6. The van der Waals surface area contributed by atoms with E-state index in [0.717, 1.165) is 0 Å². The summed E-state index contributed by atoms with van der Waals surface area (Å²) in [6.07, 6.45) is -7.13. The Labute approximate surface area is 93.8 Å². The molecule has 1 amide bonds. The lowest BCUT2D eigenvalue weighted by Gasteiger charge is -2.20. The summed E-state index contributed by atoms with van der Waals surface area (Å²) in [7, 11) is 0. The molecule has 17 heavy (non-hydrogen) atoms. The number of rotatable bonds is 2. The van der Waals surface area contributed by atoms with E-state index in [0.29, 0.717) is 4.90 Å². The van der Waals surface area contributed by atoms with E-state index in [-0.39, 0.29) is 12.8 Å². The number of hydrogen-bond donors (Lipinski definition) is 2. The molecule has 3 atom stereocenters. The van der Waals surface area contributed by atoms with E-state index in [1.165, 1.54) is 0 Å². The Kier molecular flexibility index (Phi) is 2.31. The molecule has 8 heteroatoms. The van der Waals surface area contributed by atoms with Crippen LogP contribution in [-0.4, -0.2) is 45.4 Å². The molecule has 1 unspecified atom stereocenters. The molecule has 0 aromatic rings. The summed E-state index contributed by atoms with van der Waals surface area (Å²) in [6, 6.07) is -2.16. The van der Waals surface area contributed by atoms with Crippen molar-refractivity contribution in [3.63, 3.8) is 0 Å². The van der Waals surface area contributed by atoms with Gasteiger partial charge in [0.15, 0.2) is 0 Å². The second-order valence-electron chi connectivity index (χ2n) is 4.62. The van der Waals surface area contributed by atoms with Gasteiger partial charge >= 0.3 is 18.2 Å². The molecular weight excluding hydrogens is 243 g/mol. The molecule has 0 spiro atoms. The number of piperidine rings is 1. The van der Waals surface area contributed by atoms with Crippen LogP contribution < -0.4 is 0 Å². The van der Waals surface area contributed by atoms with E-state index in [1.54, 1.807) is 0 Å². The molecular formula is C9H10F3NO4. The zero-order chi connectivity index (χ0) is 13.0. The molecule has 2 fully saturated rings. The maximum absolute atomic E-state index is 12.3. The van der Waals surface area contributed by atoms with Crippen molar-refractivity contribution in [2.75, 3.05) is 0 Å². The average Bonchev–Trinajstić information content (AvgIpc) is 2.66. The minimum absolute atomic E-state index is 0.0998. The number of halogens is 3. The Morgan fingerprint density at radius 2 is 1.88 bits per heavy atom. The molecule has 0 aromatic heterocycles. The lowest BCUT2D eigenvalue weighted by atomic mass is 9.95. The molecule has 1 saturated heterocycles. The van der Waals surface area contributed by atoms with Crippen LogP contribution in [0.15, 0.2) is 0 Å². The summed E-state index contributed by atoms with van der Waals surface area (Å²) >= 11 is 0. The summed E-state index contributed by atoms with van der Waals surface area (Å²) < 4.78 is 37.0. The first-order valence-corrected chi connectivity index (χ1v) is 4.97. The number of alkyl halides is 3. The first kappa shape index (κ1) is 12.0. The fourth-order valence-electron chi connectivity index (χ4n) is 2.77. The number of nitrogens with zero attached hydrogens (tertiary/aromatic N) is 1. The van der Waals surface area contributed by atoms with Crippen molar-refractivity contribution < 1.29 is 33.0 Å². The van der Waals surface area contributed by atoms with Gasteiger partial charge in [-0.25, -0.2) is 9.59 Å². The van der Waals surface area contributed by atoms with Crippen LogP contribution in [-0.2, 0) is 4.79 Å². The summed E-state index contributed by atoms with van der Waals surface area (Å²) in [4.78, 5) is 22.3. The topological polar surface area (TPSA) is 77.8 Å². The van der Waals surface area contributed by atoms with Crippen molar-refractivity contribution >= 4 is 12.1 Å². The van der Waals surface area contributed by atoms with E-state index in [2.05, 4.69) is 0 Å². The monoisotopic (exact) mass is 253 g/mol. The lowest BCUT2D eigenvalue weighted by molar-refractivity contribution is -0.149. The van der Waals surface area contributed by atoms with Crippen molar-refractivity contribution in [3.05, 3.63) is 0 Å². The number of carboxylic acids is 1. The van der Waals surface area contributed by atoms with Crippen LogP contribution in [0.1, 0.15) is 19.3 Å². The first-order valence-electron chi connectivity index (χ1n) is 4.97. The smallest absolute Gasteiger partial charge is 0.408 e. The van der Waals surface area contributed by atoms with Gasteiger partial charge in [0, 0.05) is 11.5 Å². The van der Waals surface area contributed by atoms with Gasteiger partial charge in [-0.2, -0.15) is 13.2 Å². The summed E-state index contributed by atoms with van der Waals surface area (Å²) in [5.74, 6) is -1.39. The molecule has 0 bridgehead atoms. The van der Waals surface area contributed by atoms with Crippen molar-refractivity contribution in [3.8, 4) is 0 Å². The van der Waals surface area contributed by atoms with E-state index in [4.69, 9.17) is 10.2 Å². The fourth-order valence-corrected chi connectivity index (χ4v) is 2.77. The SMILES string of the molecule is O=C(O)C1C[C@]2(CC(F)(F)F)C[C@@H]2N1C(=O)O. The zero-order valence-corrected chi connectivity index (χ0v) is 8.57. The molecule has 1 aliphatic carbocycles. The molecule has 2 rings (SSSR count). The number of fused-ring (bicyclic) bond motifs is 1. The van der Waals surface area contributed by atoms with Gasteiger partial charge in [-0.05, 0) is 12.8 Å². The number of hydrogen-bond acceptors (Lipinski definition) is 2. The quantitative estimate of drug-likeness (QED) is 0.782. The van der Waals surface area contributed by atoms with E-state index >= 15 is 0 Å². The van der Waals surface area contributed by atoms with Crippen LogP contribution in [0.4, 0.5) is 18.0 Å². The Balaban J connectivity index is 2.18. The molecule has 2 N–H and O–H groups in total. The molecule has 1 aliphatic heterocycles. The standard InChI is InChI=1S/C9H10F3NO4/c10-9(11,12)3-8-1-4(6(14)15)13(7(16)17)5(8)2-8/h4-5H,1-3H2,(H,14,15)(H,16,17)/t4?,5-,8+/m0/s1. The zero-order valence-electron chi connectivity index (χ0n) is 8.57.